The van der Waals surface area contributed by atoms with E-state index in [1.807, 2.05) is 73.7 Å². The van der Waals surface area contributed by atoms with Crippen LogP contribution in [0, 0.1) is 6.92 Å². The van der Waals surface area contributed by atoms with Gasteiger partial charge in [-0.2, -0.15) is 5.10 Å². The molecule has 11 heteroatoms. The molecule has 5 rings (SSSR count). The van der Waals surface area contributed by atoms with E-state index in [0.29, 0.717) is 27.4 Å². The zero-order valence-corrected chi connectivity index (χ0v) is 28.0. The molecule has 1 heterocycles. The van der Waals surface area contributed by atoms with Crippen molar-refractivity contribution in [2.24, 2.45) is 5.10 Å². The zero-order chi connectivity index (χ0) is 32.8. The van der Waals surface area contributed by atoms with Crippen molar-refractivity contribution in [2.75, 3.05) is 0 Å². The third-order valence-corrected chi connectivity index (χ3v) is 8.72. The number of hydrogen-bond donors (Lipinski definition) is 2. The molecule has 2 N–H and O–H groups in total. The van der Waals surface area contributed by atoms with Gasteiger partial charge in [0.2, 0.25) is 0 Å². The quantitative estimate of drug-likeness (QED) is 0.108. The Bertz CT molecular complexity index is 1910. The lowest BCUT2D eigenvalue weighted by Gasteiger charge is -2.21. The topological polar surface area (TPSA) is 84.7 Å². The van der Waals surface area contributed by atoms with Crippen molar-refractivity contribution < 1.29 is 14.3 Å². The second-order valence-corrected chi connectivity index (χ2v) is 12.3. The smallest absolute Gasteiger partial charge is 0.262 e. The van der Waals surface area contributed by atoms with E-state index in [2.05, 4.69) is 20.4 Å². The van der Waals surface area contributed by atoms with Crippen molar-refractivity contribution in [3.63, 3.8) is 0 Å². The second kappa shape index (κ2) is 15.1. The molecule has 5 aromatic rings. The number of halogens is 4. The van der Waals surface area contributed by atoms with Crippen LogP contribution in [0.25, 0.3) is 10.9 Å². The van der Waals surface area contributed by atoms with Gasteiger partial charge in [0.1, 0.15) is 11.8 Å². The number of carbonyl (C=O) groups is 2. The number of nitrogens with one attached hydrogen (secondary N) is 2. The van der Waals surface area contributed by atoms with Gasteiger partial charge in [0.05, 0.1) is 21.3 Å². The third kappa shape index (κ3) is 8.03. The molecule has 236 valence electrons. The van der Waals surface area contributed by atoms with E-state index >= 15 is 0 Å². The van der Waals surface area contributed by atoms with Gasteiger partial charge in [0.15, 0.2) is 6.10 Å². The van der Waals surface area contributed by atoms with E-state index in [9.17, 15) is 9.59 Å². The first-order valence-electron chi connectivity index (χ1n) is 14.4. The van der Waals surface area contributed by atoms with E-state index < -0.39 is 24.0 Å². The molecule has 4 aromatic carbocycles. The summed E-state index contributed by atoms with van der Waals surface area (Å²) in [6.07, 6.45) is 0.915. The van der Waals surface area contributed by atoms with Crippen molar-refractivity contribution in [3.05, 3.63) is 133 Å². The second-order valence-electron chi connectivity index (χ2n) is 10.7. The lowest BCUT2D eigenvalue weighted by Crippen LogP contribution is -2.50. The molecule has 0 radical (unpaired) electrons. The normalized spacial score (nSPS) is 12.7. The van der Waals surface area contributed by atoms with Crippen molar-refractivity contribution in [2.45, 2.75) is 39.0 Å². The van der Waals surface area contributed by atoms with E-state index in [4.69, 9.17) is 51.1 Å². The molecule has 0 aliphatic rings. The number of aromatic nitrogens is 1. The van der Waals surface area contributed by atoms with Crippen molar-refractivity contribution in [1.82, 2.24) is 15.3 Å². The molecule has 0 saturated carbocycles. The van der Waals surface area contributed by atoms with Gasteiger partial charge in [0, 0.05) is 40.1 Å². The summed E-state index contributed by atoms with van der Waals surface area (Å²) in [4.78, 5) is 26.6. The monoisotopic (exact) mass is 694 g/mol. The number of benzene rings is 4. The fourth-order valence-electron chi connectivity index (χ4n) is 5.05. The Hall–Kier alpha value is -4.01. The minimum atomic E-state index is -0.947. The Morgan fingerprint density at radius 2 is 1.59 bits per heavy atom. The Kier molecular flexibility index (Phi) is 10.9. The molecule has 0 aliphatic heterocycles. The van der Waals surface area contributed by atoms with Gasteiger partial charge < -0.3 is 14.6 Å². The number of rotatable bonds is 11. The summed E-state index contributed by atoms with van der Waals surface area (Å²) in [6, 6.07) is 26.7. The fourth-order valence-corrected chi connectivity index (χ4v) is 5.82. The summed E-state index contributed by atoms with van der Waals surface area (Å²) in [7, 11) is 0. The first-order valence-corrected chi connectivity index (χ1v) is 15.9. The lowest BCUT2D eigenvalue weighted by molar-refractivity contribution is -0.132. The molecular weight excluding hydrogens is 666 g/mol. The molecule has 0 fully saturated rings. The van der Waals surface area contributed by atoms with Crippen LogP contribution in [-0.2, 0) is 22.6 Å². The molecule has 0 unspecified atom stereocenters. The number of hydrogen-bond acceptors (Lipinski definition) is 4. The number of hydrazone groups is 1. The summed E-state index contributed by atoms with van der Waals surface area (Å²) in [5.41, 5.74) is 7.28. The molecule has 7 nitrogen and oxygen atoms in total. The van der Waals surface area contributed by atoms with Crippen molar-refractivity contribution >= 4 is 75.3 Å². The summed E-state index contributed by atoms with van der Waals surface area (Å²) in [6.45, 7) is 4.13. The van der Waals surface area contributed by atoms with Crippen LogP contribution in [0.2, 0.25) is 20.1 Å². The maximum absolute atomic E-state index is 13.5. The molecule has 2 amide bonds. The van der Waals surface area contributed by atoms with Gasteiger partial charge >= 0.3 is 0 Å². The van der Waals surface area contributed by atoms with Gasteiger partial charge in [-0.1, -0.05) is 101 Å². The Balaban J connectivity index is 1.34. The molecule has 0 spiro atoms. The van der Waals surface area contributed by atoms with Crippen LogP contribution in [0.15, 0.2) is 96.1 Å². The van der Waals surface area contributed by atoms with E-state index in [1.165, 1.54) is 6.07 Å². The average Bonchev–Trinajstić information content (AvgIpc) is 3.30. The minimum Gasteiger partial charge on any atom is -0.479 e. The van der Waals surface area contributed by atoms with Crippen molar-refractivity contribution in [1.29, 1.82) is 0 Å². The number of fused-ring (bicyclic) bond motifs is 1. The molecular formula is C35H30Cl4N4O3. The van der Waals surface area contributed by atoms with Gasteiger partial charge in [0.25, 0.3) is 11.8 Å². The zero-order valence-electron chi connectivity index (χ0n) is 24.9. The summed E-state index contributed by atoms with van der Waals surface area (Å²) in [5, 5.41) is 9.79. The van der Waals surface area contributed by atoms with Gasteiger partial charge in [-0.15, -0.1) is 0 Å². The van der Waals surface area contributed by atoms with Gasteiger partial charge in [-0.25, -0.2) is 5.43 Å². The fraction of sp³-hybridized carbons (Fsp3) is 0.171. The molecule has 46 heavy (non-hydrogen) atoms. The Labute approximate surface area is 287 Å². The van der Waals surface area contributed by atoms with Crippen LogP contribution in [0.5, 0.6) is 5.75 Å². The van der Waals surface area contributed by atoms with Crippen LogP contribution in [0.4, 0.5) is 0 Å². The highest BCUT2D eigenvalue weighted by Crippen LogP contribution is 2.29. The lowest BCUT2D eigenvalue weighted by atomic mass is 10.1. The maximum Gasteiger partial charge on any atom is 0.262 e. The highest BCUT2D eigenvalue weighted by Gasteiger charge is 2.25. The summed E-state index contributed by atoms with van der Waals surface area (Å²) >= 11 is 24.6. The predicted molar refractivity (Wildman–Crippen MR) is 187 cm³/mol. The molecule has 0 aliphatic carbocycles. The van der Waals surface area contributed by atoms with Crippen molar-refractivity contribution in [3.8, 4) is 5.75 Å². The minimum absolute atomic E-state index is 0.240. The number of nitrogens with zero attached hydrogens (tertiary/aromatic N) is 2. The number of para-hydroxylation sites is 1. The van der Waals surface area contributed by atoms with Gasteiger partial charge in [-0.05, 0) is 61.4 Å². The van der Waals surface area contributed by atoms with E-state index in [0.717, 1.165) is 33.3 Å². The predicted octanol–water partition coefficient (Wildman–Crippen LogP) is 8.26. The highest BCUT2D eigenvalue weighted by atomic mass is 35.5. The Morgan fingerprint density at radius 3 is 2.33 bits per heavy atom. The standard InChI is InChI=1S/C35H30Cl4N4O3/c1-21-27(26-10-6-7-11-32(26)43(21)20-24-12-14-28(37)29(38)16-24)19-40-42-35(45)31(17-23-8-4-3-5-9-23)41-34(44)22(2)46-33-15-13-25(36)18-30(33)39/h3-16,18-19,22,31H,17,20H2,1-2H3,(H,41,44)(H,42,45)/b40-19-/t22-,31+/m1/s1. The SMILES string of the molecule is Cc1c(/C=N\NC(=O)[C@H](Cc2ccccc2)NC(=O)[C@@H](C)Oc2ccc(Cl)cc2Cl)c2ccccc2n1Cc1ccc(Cl)c(Cl)c1. The van der Waals surface area contributed by atoms with Crippen LogP contribution in [-0.4, -0.2) is 34.7 Å². The third-order valence-electron chi connectivity index (χ3n) is 7.46. The number of carbonyl (C=O) groups excluding carboxylic acids is 2. The molecule has 2 atom stereocenters. The number of ether oxygens (including phenoxy) is 1. The van der Waals surface area contributed by atoms with Crippen LogP contribution in [0.3, 0.4) is 0 Å². The molecule has 0 saturated heterocycles. The van der Waals surface area contributed by atoms with Crippen LogP contribution < -0.4 is 15.5 Å². The van der Waals surface area contributed by atoms with E-state index in [1.54, 1.807) is 31.3 Å². The molecule has 1 aromatic heterocycles. The highest BCUT2D eigenvalue weighted by molar-refractivity contribution is 6.42. The van der Waals surface area contributed by atoms with Crippen LogP contribution in [0.1, 0.15) is 29.3 Å². The first kappa shape index (κ1) is 33.4. The van der Waals surface area contributed by atoms with E-state index in [-0.39, 0.29) is 11.4 Å². The molecule has 0 bridgehead atoms. The summed E-state index contributed by atoms with van der Waals surface area (Å²) in [5.74, 6) is -0.675. The number of amides is 2. The van der Waals surface area contributed by atoms with Crippen LogP contribution >= 0.6 is 46.4 Å². The largest absolute Gasteiger partial charge is 0.479 e. The summed E-state index contributed by atoms with van der Waals surface area (Å²) < 4.78 is 7.92. The first-order chi connectivity index (χ1) is 22.1. The van der Waals surface area contributed by atoms with Gasteiger partial charge in [-0.3, -0.25) is 9.59 Å². The average molecular weight is 696 g/mol. The Morgan fingerprint density at radius 1 is 0.848 bits per heavy atom. The maximum atomic E-state index is 13.5.